The van der Waals surface area contributed by atoms with Crippen molar-refractivity contribution < 1.29 is 0 Å². The highest BCUT2D eigenvalue weighted by Crippen LogP contribution is 1.92. The monoisotopic (exact) mass is 140 g/mol. The van der Waals surface area contributed by atoms with Gasteiger partial charge in [-0.05, 0) is 34.0 Å². The van der Waals surface area contributed by atoms with Crippen molar-refractivity contribution in [1.29, 1.82) is 0 Å². The molecule has 0 radical (unpaired) electrons. The van der Waals surface area contributed by atoms with Crippen LogP contribution < -0.4 is 0 Å². The zero-order valence-corrected chi connectivity index (χ0v) is 7.20. The maximum Gasteiger partial charge on any atom is 0.0261 e. The van der Waals surface area contributed by atoms with Gasteiger partial charge in [0, 0.05) is 18.5 Å². The average molecular weight is 140 g/mol. The van der Waals surface area contributed by atoms with E-state index in [1.54, 1.807) is 6.21 Å². The molecule has 0 bridgehead atoms. The van der Waals surface area contributed by atoms with E-state index in [1.165, 1.54) is 0 Å². The van der Waals surface area contributed by atoms with E-state index in [0.717, 1.165) is 0 Å². The minimum atomic E-state index is 0.462. The molecule has 0 saturated carbocycles. The molecule has 0 aromatic rings. The highest BCUT2D eigenvalue weighted by molar-refractivity contribution is 5.54. The topological polar surface area (TPSA) is 15.6 Å². The second-order valence-electron chi connectivity index (χ2n) is 2.45. The molecule has 0 aliphatic heterocycles. The molecule has 0 aromatic carbocycles. The lowest BCUT2D eigenvalue weighted by Gasteiger charge is -2.14. The van der Waals surface area contributed by atoms with E-state index in [9.17, 15) is 0 Å². The minimum absolute atomic E-state index is 0.462. The maximum atomic E-state index is 3.96. The van der Waals surface area contributed by atoms with Gasteiger partial charge >= 0.3 is 0 Å². The number of rotatable bonds is 3. The van der Waals surface area contributed by atoms with Crippen molar-refractivity contribution in [2.24, 2.45) is 4.99 Å². The van der Waals surface area contributed by atoms with Gasteiger partial charge in [-0.15, -0.1) is 0 Å². The maximum absolute atomic E-state index is 3.96. The minimum Gasteiger partial charge on any atom is -0.303 e. The van der Waals surface area contributed by atoms with Crippen molar-refractivity contribution in [1.82, 2.24) is 4.90 Å². The van der Waals surface area contributed by atoms with Crippen LogP contribution in [-0.4, -0.2) is 31.3 Å². The van der Waals surface area contributed by atoms with Gasteiger partial charge in [-0.1, -0.05) is 0 Å². The van der Waals surface area contributed by atoms with Crippen LogP contribution in [0.5, 0.6) is 0 Å². The van der Waals surface area contributed by atoms with Crippen LogP contribution in [0.15, 0.2) is 17.3 Å². The molecule has 0 amide bonds. The quantitative estimate of drug-likeness (QED) is 0.543. The van der Waals surface area contributed by atoms with E-state index in [1.807, 2.05) is 27.2 Å². The molecular formula is C8H16N2. The first-order valence-electron chi connectivity index (χ1n) is 3.49. The summed E-state index contributed by atoms with van der Waals surface area (Å²) >= 11 is 0. The van der Waals surface area contributed by atoms with Gasteiger partial charge < -0.3 is 4.90 Å². The molecule has 0 aliphatic rings. The van der Waals surface area contributed by atoms with Crippen molar-refractivity contribution in [2.45, 2.75) is 19.9 Å². The molecule has 2 heteroatoms. The van der Waals surface area contributed by atoms with Crippen LogP contribution in [0.2, 0.25) is 0 Å². The van der Waals surface area contributed by atoms with Gasteiger partial charge in [0.15, 0.2) is 0 Å². The largest absolute Gasteiger partial charge is 0.303 e. The molecule has 0 saturated heterocycles. The fraction of sp³-hybridized carbons (Fsp3) is 0.625. The number of hydrogen-bond acceptors (Lipinski definition) is 2. The van der Waals surface area contributed by atoms with E-state index in [0.29, 0.717) is 6.04 Å². The molecule has 0 spiro atoms. The first-order valence-corrected chi connectivity index (χ1v) is 3.49. The van der Waals surface area contributed by atoms with E-state index < -0.39 is 0 Å². The smallest absolute Gasteiger partial charge is 0.0261 e. The average Bonchev–Trinajstić information content (AvgIpc) is 1.88. The summed E-state index contributed by atoms with van der Waals surface area (Å²) < 4.78 is 0. The van der Waals surface area contributed by atoms with Gasteiger partial charge in [0.1, 0.15) is 0 Å². The lowest BCUT2D eigenvalue weighted by molar-refractivity contribution is 0.364. The molecule has 0 N–H and O–H groups in total. The fourth-order valence-corrected chi connectivity index (χ4v) is 0.432. The Kier molecular flexibility index (Phi) is 4.85. The summed E-state index contributed by atoms with van der Waals surface area (Å²) in [5.41, 5.74) is 0. The third-order valence-corrected chi connectivity index (χ3v) is 1.41. The normalized spacial score (nSPS) is 15.7. The molecular weight excluding hydrogens is 124 g/mol. The highest BCUT2D eigenvalue weighted by atomic mass is 15.1. The van der Waals surface area contributed by atoms with Crippen molar-refractivity contribution in [3.05, 3.63) is 12.3 Å². The lowest BCUT2D eigenvalue weighted by Crippen LogP contribution is -2.21. The molecule has 0 heterocycles. The van der Waals surface area contributed by atoms with Gasteiger partial charge in [0.2, 0.25) is 0 Å². The molecule has 0 rings (SSSR count). The van der Waals surface area contributed by atoms with Crippen LogP contribution >= 0.6 is 0 Å². The summed E-state index contributed by atoms with van der Waals surface area (Å²) in [6.07, 6.45) is 5.66. The van der Waals surface area contributed by atoms with E-state index in [-0.39, 0.29) is 0 Å². The molecule has 0 fully saturated rings. The molecule has 0 aromatic heterocycles. The highest BCUT2D eigenvalue weighted by Gasteiger charge is 1.95. The Morgan fingerprint density at radius 3 is 2.40 bits per heavy atom. The third-order valence-electron chi connectivity index (χ3n) is 1.41. The van der Waals surface area contributed by atoms with Crippen LogP contribution in [-0.2, 0) is 0 Å². The molecule has 1 atom stereocenters. The summed E-state index contributed by atoms with van der Waals surface area (Å²) in [5, 5.41) is 0. The van der Waals surface area contributed by atoms with Crippen molar-refractivity contribution in [3.8, 4) is 0 Å². The van der Waals surface area contributed by atoms with E-state index >= 15 is 0 Å². The fourth-order valence-electron chi connectivity index (χ4n) is 0.432. The van der Waals surface area contributed by atoms with Gasteiger partial charge in [-0.25, -0.2) is 0 Å². The molecule has 1 unspecified atom stereocenters. The van der Waals surface area contributed by atoms with Crippen LogP contribution in [0.4, 0.5) is 0 Å². The standard InChI is InChI=1S/C8H16N2/c1-5-9-7-6-8(2)10(3)4/h5-8H,1-4H3/b7-6-,9-5?. The number of nitrogens with zero attached hydrogens (tertiary/aromatic N) is 2. The SMILES string of the molecule is CC=N/C=C\C(C)N(C)C. The first-order chi connectivity index (χ1) is 4.68. The van der Waals surface area contributed by atoms with E-state index in [4.69, 9.17) is 0 Å². The second kappa shape index (κ2) is 5.18. The second-order valence-corrected chi connectivity index (χ2v) is 2.45. The Balaban J connectivity index is 3.66. The van der Waals surface area contributed by atoms with Crippen molar-refractivity contribution in [3.63, 3.8) is 0 Å². The molecule has 58 valence electrons. The van der Waals surface area contributed by atoms with Gasteiger partial charge in [-0.2, -0.15) is 0 Å². The zero-order chi connectivity index (χ0) is 7.98. The van der Waals surface area contributed by atoms with Gasteiger partial charge in [0.25, 0.3) is 0 Å². The van der Waals surface area contributed by atoms with Crippen LogP contribution in [0.1, 0.15) is 13.8 Å². The van der Waals surface area contributed by atoms with Crippen molar-refractivity contribution >= 4 is 6.21 Å². The number of aliphatic imine (C=N–C) groups is 1. The van der Waals surface area contributed by atoms with Crippen LogP contribution in [0.25, 0.3) is 0 Å². The molecule has 2 nitrogen and oxygen atoms in total. The Morgan fingerprint density at radius 1 is 1.40 bits per heavy atom. The van der Waals surface area contributed by atoms with Crippen LogP contribution in [0.3, 0.4) is 0 Å². The molecule has 0 aliphatic carbocycles. The third kappa shape index (κ3) is 4.27. The number of likely N-dealkylation sites (N-methyl/N-ethyl adjacent to an activating group) is 1. The van der Waals surface area contributed by atoms with Crippen molar-refractivity contribution in [2.75, 3.05) is 14.1 Å². The zero-order valence-electron chi connectivity index (χ0n) is 7.20. The lowest BCUT2D eigenvalue weighted by atomic mass is 10.3. The van der Waals surface area contributed by atoms with E-state index in [2.05, 4.69) is 22.9 Å². The molecule has 10 heavy (non-hydrogen) atoms. The summed E-state index contributed by atoms with van der Waals surface area (Å²) in [5.74, 6) is 0. The Hall–Kier alpha value is -0.630. The van der Waals surface area contributed by atoms with Crippen LogP contribution in [0, 0.1) is 0 Å². The van der Waals surface area contributed by atoms with Gasteiger partial charge in [-0.3, -0.25) is 4.99 Å². The summed E-state index contributed by atoms with van der Waals surface area (Å²) in [7, 11) is 4.09. The Morgan fingerprint density at radius 2 is 2.00 bits per heavy atom. The predicted octanol–water partition coefficient (Wildman–Crippen LogP) is 1.54. The Bertz CT molecular complexity index is 125. The summed E-state index contributed by atoms with van der Waals surface area (Å²) in [6.45, 7) is 4.03. The summed E-state index contributed by atoms with van der Waals surface area (Å²) in [4.78, 5) is 6.09. The number of hydrogen-bond donors (Lipinski definition) is 0. The first kappa shape index (κ1) is 9.37. The van der Waals surface area contributed by atoms with Gasteiger partial charge in [0.05, 0.1) is 0 Å². The Labute approximate surface area is 63.3 Å². The summed E-state index contributed by atoms with van der Waals surface area (Å²) in [6, 6.07) is 0.462. The predicted molar refractivity (Wildman–Crippen MR) is 46.5 cm³/mol.